The van der Waals surface area contributed by atoms with Gasteiger partial charge in [0.15, 0.2) is 0 Å². The van der Waals surface area contributed by atoms with E-state index in [1.165, 1.54) is 4.90 Å². The first-order valence-electron chi connectivity index (χ1n) is 6.85. The molecule has 0 bridgehead atoms. The van der Waals surface area contributed by atoms with Crippen LogP contribution in [0.15, 0.2) is 39.8 Å². The van der Waals surface area contributed by atoms with Gasteiger partial charge in [-0.05, 0) is 39.4 Å². The largest absolute Gasteiger partial charge is 0.383 e. The molecule has 2 aromatic rings. The lowest BCUT2D eigenvalue weighted by molar-refractivity contribution is 0.182. The quantitative estimate of drug-likeness (QED) is 0.759. The number of ether oxygens (including phenoxy) is 1. The summed E-state index contributed by atoms with van der Waals surface area (Å²) < 4.78 is 7.94. The third kappa shape index (κ3) is 4.10. The molecule has 0 aliphatic rings. The molecule has 4 nitrogen and oxygen atoms in total. The molecule has 6 heteroatoms. The third-order valence-corrected chi connectivity index (χ3v) is 4.69. The van der Waals surface area contributed by atoms with Crippen LogP contribution in [0.2, 0.25) is 0 Å². The molecule has 0 spiro atoms. The van der Waals surface area contributed by atoms with Crippen molar-refractivity contribution in [3.63, 3.8) is 0 Å². The molecule has 0 amide bonds. The number of thioether (sulfide) groups is 1. The fourth-order valence-corrected chi connectivity index (χ4v) is 3.34. The Labute approximate surface area is 138 Å². The van der Waals surface area contributed by atoms with Crippen LogP contribution in [0.3, 0.4) is 0 Å². The van der Waals surface area contributed by atoms with Crippen LogP contribution in [0.1, 0.15) is 24.2 Å². The smallest absolute Gasteiger partial charge is 0.0739 e. The molecule has 1 unspecified atom stereocenters. The highest BCUT2D eigenvalue weighted by Crippen LogP contribution is 2.28. The summed E-state index contributed by atoms with van der Waals surface area (Å²) in [6.07, 6.45) is 1.78. The van der Waals surface area contributed by atoms with Crippen molar-refractivity contribution in [3.8, 4) is 0 Å². The number of nitrogens with two attached hydrogens (primary N) is 1. The molecule has 1 aromatic heterocycles. The standard InChI is InChI=1S/C15H20BrN3OS/c1-3-21-12-6-4-11(5-7-12)14(17)15-13(16)10-18-19(15)8-9-20-2/h4-7,10,14H,3,8-9,17H2,1-2H3. The van der Waals surface area contributed by atoms with Gasteiger partial charge in [-0.2, -0.15) is 5.10 Å². The van der Waals surface area contributed by atoms with Crippen LogP contribution in [0.25, 0.3) is 0 Å². The summed E-state index contributed by atoms with van der Waals surface area (Å²) in [6.45, 7) is 3.45. The summed E-state index contributed by atoms with van der Waals surface area (Å²) in [5, 5.41) is 4.35. The number of halogens is 1. The number of benzene rings is 1. The fourth-order valence-electron chi connectivity index (χ4n) is 2.13. The van der Waals surface area contributed by atoms with E-state index >= 15 is 0 Å². The average molecular weight is 370 g/mol. The van der Waals surface area contributed by atoms with Crippen LogP contribution >= 0.6 is 27.7 Å². The molecule has 2 rings (SSSR count). The van der Waals surface area contributed by atoms with Gasteiger partial charge in [0.25, 0.3) is 0 Å². The summed E-state index contributed by atoms with van der Waals surface area (Å²) >= 11 is 5.36. The number of nitrogens with zero attached hydrogens (tertiary/aromatic N) is 2. The molecule has 1 atom stereocenters. The predicted molar refractivity (Wildman–Crippen MR) is 90.7 cm³/mol. The van der Waals surface area contributed by atoms with Crippen LogP contribution in [0.5, 0.6) is 0 Å². The Morgan fingerprint density at radius 1 is 1.38 bits per heavy atom. The summed E-state index contributed by atoms with van der Waals surface area (Å²) in [4.78, 5) is 1.26. The van der Waals surface area contributed by atoms with Crippen molar-refractivity contribution in [3.05, 3.63) is 46.2 Å². The van der Waals surface area contributed by atoms with E-state index in [2.05, 4.69) is 52.2 Å². The fraction of sp³-hybridized carbons (Fsp3) is 0.400. The van der Waals surface area contributed by atoms with E-state index in [9.17, 15) is 0 Å². The lowest BCUT2D eigenvalue weighted by atomic mass is 10.0. The molecule has 0 fully saturated rings. The molecule has 114 valence electrons. The normalized spacial score (nSPS) is 12.6. The number of rotatable bonds is 7. The molecule has 0 saturated carbocycles. The van der Waals surface area contributed by atoms with Crippen LogP contribution < -0.4 is 5.73 Å². The first-order chi connectivity index (χ1) is 10.2. The van der Waals surface area contributed by atoms with Crippen molar-refractivity contribution in [2.75, 3.05) is 19.5 Å². The van der Waals surface area contributed by atoms with Crippen molar-refractivity contribution in [1.82, 2.24) is 9.78 Å². The zero-order valence-electron chi connectivity index (χ0n) is 12.3. The summed E-state index contributed by atoms with van der Waals surface area (Å²) in [5.74, 6) is 1.07. The Balaban J connectivity index is 2.22. The van der Waals surface area contributed by atoms with E-state index in [1.54, 1.807) is 13.3 Å². The molecule has 21 heavy (non-hydrogen) atoms. The summed E-state index contributed by atoms with van der Waals surface area (Å²) in [5.41, 5.74) is 8.47. The predicted octanol–water partition coefficient (Wildman–Crippen LogP) is 3.45. The van der Waals surface area contributed by atoms with Gasteiger partial charge >= 0.3 is 0 Å². The minimum absolute atomic E-state index is 0.209. The number of hydrogen-bond acceptors (Lipinski definition) is 4. The first kappa shape index (κ1) is 16.5. The lowest BCUT2D eigenvalue weighted by Crippen LogP contribution is -2.19. The molecular formula is C15H20BrN3OS. The van der Waals surface area contributed by atoms with E-state index in [1.807, 2.05) is 16.4 Å². The van der Waals surface area contributed by atoms with Gasteiger partial charge in [0.1, 0.15) is 0 Å². The van der Waals surface area contributed by atoms with Crippen LogP contribution in [0, 0.1) is 0 Å². The average Bonchev–Trinajstić information content (AvgIpc) is 2.86. The van der Waals surface area contributed by atoms with Gasteiger partial charge in [-0.3, -0.25) is 4.68 Å². The van der Waals surface area contributed by atoms with Crippen LogP contribution in [0.4, 0.5) is 0 Å². The molecule has 2 N–H and O–H groups in total. The molecule has 0 radical (unpaired) electrons. The van der Waals surface area contributed by atoms with Crippen molar-refractivity contribution in [1.29, 1.82) is 0 Å². The SMILES string of the molecule is CCSc1ccc(C(N)c2c(Br)cnn2CCOC)cc1. The highest BCUT2D eigenvalue weighted by atomic mass is 79.9. The molecule has 1 aromatic carbocycles. The maximum absolute atomic E-state index is 6.42. The van der Waals surface area contributed by atoms with E-state index in [0.29, 0.717) is 13.2 Å². The van der Waals surface area contributed by atoms with Crippen LogP contribution in [-0.4, -0.2) is 29.3 Å². The van der Waals surface area contributed by atoms with Crippen molar-refractivity contribution in [2.24, 2.45) is 5.73 Å². The molecule has 0 aliphatic carbocycles. The van der Waals surface area contributed by atoms with Crippen molar-refractivity contribution < 1.29 is 4.74 Å². The van der Waals surface area contributed by atoms with Gasteiger partial charge in [-0.1, -0.05) is 19.1 Å². The summed E-state index contributed by atoms with van der Waals surface area (Å²) in [7, 11) is 1.68. The maximum atomic E-state index is 6.42. The second-order valence-electron chi connectivity index (χ2n) is 4.57. The van der Waals surface area contributed by atoms with Gasteiger partial charge in [-0.15, -0.1) is 11.8 Å². The third-order valence-electron chi connectivity index (χ3n) is 3.19. The zero-order chi connectivity index (χ0) is 15.2. The monoisotopic (exact) mass is 369 g/mol. The van der Waals surface area contributed by atoms with Gasteiger partial charge in [0.05, 0.1) is 35.6 Å². The topological polar surface area (TPSA) is 53.1 Å². The van der Waals surface area contributed by atoms with E-state index in [0.717, 1.165) is 21.5 Å². The van der Waals surface area contributed by atoms with E-state index in [-0.39, 0.29) is 6.04 Å². The van der Waals surface area contributed by atoms with E-state index < -0.39 is 0 Å². The second-order valence-corrected chi connectivity index (χ2v) is 6.77. The van der Waals surface area contributed by atoms with Gasteiger partial charge < -0.3 is 10.5 Å². The molecule has 1 heterocycles. The minimum Gasteiger partial charge on any atom is -0.383 e. The first-order valence-corrected chi connectivity index (χ1v) is 8.63. The van der Waals surface area contributed by atoms with Gasteiger partial charge in [0.2, 0.25) is 0 Å². The Kier molecular flexibility index (Phi) is 6.29. The number of methoxy groups -OCH3 is 1. The summed E-state index contributed by atoms with van der Waals surface area (Å²) in [6, 6.07) is 8.20. The number of hydrogen-bond donors (Lipinski definition) is 1. The van der Waals surface area contributed by atoms with E-state index in [4.69, 9.17) is 10.5 Å². The Hall–Kier alpha value is -0.820. The molecule has 0 saturated heterocycles. The van der Waals surface area contributed by atoms with Crippen molar-refractivity contribution >= 4 is 27.7 Å². The Morgan fingerprint density at radius 3 is 2.71 bits per heavy atom. The van der Waals surface area contributed by atoms with Crippen molar-refractivity contribution in [2.45, 2.75) is 24.4 Å². The highest BCUT2D eigenvalue weighted by molar-refractivity contribution is 9.10. The zero-order valence-corrected chi connectivity index (χ0v) is 14.7. The number of aromatic nitrogens is 2. The Bertz CT molecular complexity index is 571. The minimum atomic E-state index is -0.209. The lowest BCUT2D eigenvalue weighted by Gasteiger charge is -2.16. The second kappa shape index (κ2) is 7.98. The molecule has 0 aliphatic heterocycles. The van der Waals surface area contributed by atoms with Gasteiger partial charge in [-0.25, -0.2) is 0 Å². The van der Waals surface area contributed by atoms with Gasteiger partial charge in [0, 0.05) is 12.0 Å². The highest BCUT2D eigenvalue weighted by Gasteiger charge is 2.18. The maximum Gasteiger partial charge on any atom is 0.0739 e. The Morgan fingerprint density at radius 2 is 2.10 bits per heavy atom. The van der Waals surface area contributed by atoms with Crippen LogP contribution in [-0.2, 0) is 11.3 Å². The molecular weight excluding hydrogens is 350 g/mol.